The maximum Gasteiger partial charge on any atom is 0.316 e. The van der Waals surface area contributed by atoms with Gasteiger partial charge in [-0.1, -0.05) is 6.08 Å². The van der Waals surface area contributed by atoms with Crippen molar-refractivity contribution in [3.05, 3.63) is 35.0 Å². The number of ether oxygens (including phenoxy) is 1. The summed E-state index contributed by atoms with van der Waals surface area (Å²) in [7, 11) is -3.37. The second-order valence-electron chi connectivity index (χ2n) is 7.74. The lowest BCUT2D eigenvalue weighted by molar-refractivity contribution is 0.180. The molecule has 3 aliphatic rings. The van der Waals surface area contributed by atoms with Crippen molar-refractivity contribution in [2.75, 3.05) is 12.9 Å². The number of alkyl halides is 1. The van der Waals surface area contributed by atoms with Crippen LogP contribution in [-0.2, 0) is 9.84 Å². The normalized spacial score (nSPS) is 30.6. The predicted octanol–water partition coefficient (Wildman–Crippen LogP) is 2.44. The number of nitrogens with zero attached hydrogens (tertiary/aromatic N) is 2. The van der Waals surface area contributed by atoms with Crippen LogP contribution in [0, 0.1) is 5.92 Å². The minimum absolute atomic E-state index is 0.107. The van der Waals surface area contributed by atoms with Crippen LogP contribution in [0.5, 0.6) is 6.01 Å². The first kappa shape index (κ1) is 18.6. The number of hydrogen-bond donors (Lipinski definition) is 1. The molecule has 0 amide bonds. The van der Waals surface area contributed by atoms with Gasteiger partial charge in [0.05, 0.1) is 6.61 Å². The lowest BCUT2D eigenvalue weighted by Crippen LogP contribution is -2.39. The van der Waals surface area contributed by atoms with Gasteiger partial charge in [-0.3, -0.25) is 0 Å². The van der Waals surface area contributed by atoms with Crippen molar-refractivity contribution in [2.45, 2.75) is 50.4 Å². The van der Waals surface area contributed by atoms with E-state index in [-0.39, 0.29) is 11.3 Å². The standard InChI is InChI=1S/C19H24FN3O3S/c1-27(24,25)16-4-5-17(18(20)8-16)13-9-21-19(22-10-13)26-11-12-6-14-2-3-15(7-12)23-14/h4-5,9-10,12,14-15,18,23H,2-3,6-8,11H2,1H3. The van der Waals surface area contributed by atoms with Gasteiger partial charge >= 0.3 is 6.01 Å². The van der Waals surface area contributed by atoms with Gasteiger partial charge in [0.15, 0.2) is 9.84 Å². The Morgan fingerprint density at radius 2 is 1.85 bits per heavy atom. The highest BCUT2D eigenvalue weighted by atomic mass is 32.2. The molecule has 1 aliphatic carbocycles. The minimum atomic E-state index is -3.37. The quantitative estimate of drug-likeness (QED) is 0.828. The van der Waals surface area contributed by atoms with Crippen molar-refractivity contribution in [1.82, 2.24) is 15.3 Å². The summed E-state index contributed by atoms with van der Waals surface area (Å²) in [6.07, 6.45) is 10.3. The largest absolute Gasteiger partial charge is 0.463 e. The Labute approximate surface area is 158 Å². The van der Waals surface area contributed by atoms with Gasteiger partial charge in [-0.2, -0.15) is 0 Å². The molecule has 2 aliphatic heterocycles. The zero-order valence-corrected chi connectivity index (χ0v) is 16.1. The molecule has 6 nitrogen and oxygen atoms in total. The van der Waals surface area contributed by atoms with Gasteiger partial charge in [0, 0.05) is 47.6 Å². The summed E-state index contributed by atoms with van der Waals surface area (Å²) in [6.45, 7) is 0.600. The van der Waals surface area contributed by atoms with E-state index in [1.54, 1.807) is 0 Å². The number of halogens is 1. The molecule has 27 heavy (non-hydrogen) atoms. The number of fused-ring (bicyclic) bond motifs is 2. The van der Waals surface area contributed by atoms with Crippen LogP contribution in [0.3, 0.4) is 0 Å². The van der Waals surface area contributed by atoms with E-state index in [1.165, 1.54) is 37.4 Å². The number of rotatable bonds is 5. The highest BCUT2D eigenvalue weighted by Crippen LogP contribution is 2.32. The number of sulfone groups is 1. The first-order valence-electron chi connectivity index (χ1n) is 9.34. The van der Waals surface area contributed by atoms with Gasteiger partial charge < -0.3 is 10.1 Å². The maximum atomic E-state index is 14.4. The molecular formula is C19H24FN3O3S. The molecule has 0 spiro atoms. The number of piperidine rings is 1. The smallest absolute Gasteiger partial charge is 0.316 e. The summed E-state index contributed by atoms with van der Waals surface area (Å²) in [5.74, 6) is 0.517. The molecule has 1 N–H and O–H groups in total. The molecule has 3 heterocycles. The number of hydrogen-bond acceptors (Lipinski definition) is 6. The molecule has 2 bridgehead atoms. The second-order valence-corrected chi connectivity index (χ2v) is 9.81. The van der Waals surface area contributed by atoms with Crippen LogP contribution in [0.2, 0.25) is 0 Å². The Bertz CT molecular complexity index is 855. The summed E-state index contributed by atoms with van der Waals surface area (Å²) in [5, 5.41) is 3.61. The van der Waals surface area contributed by atoms with Crippen LogP contribution in [-0.4, -0.2) is 49.5 Å². The van der Waals surface area contributed by atoms with Gasteiger partial charge in [0.2, 0.25) is 0 Å². The Morgan fingerprint density at radius 1 is 1.19 bits per heavy atom. The lowest BCUT2D eigenvalue weighted by Gasteiger charge is -2.28. The molecule has 1 aromatic heterocycles. The van der Waals surface area contributed by atoms with Crippen molar-refractivity contribution >= 4 is 15.4 Å². The van der Waals surface area contributed by atoms with E-state index in [4.69, 9.17) is 4.74 Å². The minimum Gasteiger partial charge on any atom is -0.463 e. The Balaban J connectivity index is 1.39. The summed E-state index contributed by atoms with van der Waals surface area (Å²) in [6, 6.07) is 1.53. The van der Waals surface area contributed by atoms with Crippen molar-refractivity contribution in [3.8, 4) is 6.01 Å². The highest BCUT2D eigenvalue weighted by molar-refractivity contribution is 7.94. The molecule has 0 saturated carbocycles. The fourth-order valence-electron chi connectivity index (χ4n) is 4.24. The number of aromatic nitrogens is 2. The van der Waals surface area contributed by atoms with Gasteiger partial charge in [0.25, 0.3) is 0 Å². The van der Waals surface area contributed by atoms with E-state index >= 15 is 0 Å². The molecule has 0 radical (unpaired) electrons. The van der Waals surface area contributed by atoms with E-state index in [9.17, 15) is 12.8 Å². The lowest BCUT2D eigenvalue weighted by atomic mass is 9.93. The molecule has 2 fully saturated rings. The zero-order valence-electron chi connectivity index (χ0n) is 15.3. The van der Waals surface area contributed by atoms with Crippen molar-refractivity contribution in [3.63, 3.8) is 0 Å². The molecule has 3 unspecified atom stereocenters. The highest BCUT2D eigenvalue weighted by Gasteiger charge is 2.33. The Kier molecular flexibility index (Phi) is 5.03. The van der Waals surface area contributed by atoms with E-state index in [0.29, 0.717) is 41.8 Å². The summed E-state index contributed by atoms with van der Waals surface area (Å²) < 4.78 is 43.3. The van der Waals surface area contributed by atoms with E-state index < -0.39 is 16.0 Å². The summed E-state index contributed by atoms with van der Waals surface area (Å²) in [5.41, 5.74) is 0.933. The molecule has 3 atom stereocenters. The predicted molar refractivity (Wildman–Crippen MR) is 101 cm³/mol. The Hall–Kier alpha value is -1.80. The molecular weight excluding hydrogens is 369 g/mol. The molecule has 4 rings (SSSR count). The molecule has 0 aromatic carbocycles. The van der Waals surface area contributed by atoms with Crippen LogP contribution < -0.4 is 10.1 Å². The van der Waals surface area contributed by atoms with Crippen LogP contribution in [0.25, 0.3) is 5.57 Å². The van der Waals surface area contributed by atoms with E-state index in [2.05, 4.69) is 15.3 Å². The van der Waals surface area contributed by atoms with Crippen molar-refractivity contribution < 1.29 is 17.5 Å². The fourth-order valence-corrected chi connectivity index (χ4v) is 5.00. The van der Waals surface area contributed by atoms with Gasteiger partial charge in [-0.25, -0.2) is 22.8 Å². The SMILES string of the molecule is CS(=O)(=O)C1=CC=C(c2cnc(OCC3CC4CCC(C3)N4)nc2)C(F)C1. The molecule has 2 saturated heterocycles. The van der Waals surface area contributed by atoms with Crippen LogP contribution in [0.1, 0.15) is 37.7 Å². The zero-order chi connectivity index (χ0) is 19.0. The summed E-state index contributed by atoms with van der Waals surface area (Å²) >= 11 is 0. The number of allylic oxidation sites excluding steroid dienone is 4. The third-order valence-electron chi connectivity index (χ3n) is 5.62. The van der Waals surface area contributed by atoms with Crippen LogP contribution >= 0.6 is 0 Å². The fraction of sp³-hybridized carbons (Fsp3) is 0.579. The topological polar surface area (TPSA) is 81.2 Å². The molecule has 1 aromatic rings. The van der Waals surface area contributed by atoms with Crippen molar-refractivity contribution in [2.24, 2.45) is 5.92 Å². The third kappa shape index (κ3) is 4.21. The average molecular weight is 393 g/mol. The van der Waals surface area contributed by atoms with Gasteiger partial charge in [-0.05, 0) is 43.3 Å². The summed E-state index contributed by atoms with van der Waals surface area (Å²) in [4.78, 5) is 8.50. The van der Waals surface area contributed by atoms with Crippen molar-refractivity contribution in [1.29, 1.82) is 0 Å². The van der Waals surface area contributed by atoms with Gasteiger partial charge in [0.1, 0.15) is 6.17 Å². The van der Waals surface area contributed by atoms with Gasteiger partial charge in [-0.15, -0.1) is 0 Å². The second kappa shape index (κ2) is 7.31. The Morgan fingerprint density at radius 3 is 2.44 bits per heavy atom. The average Bonchev–Trinajstić information content (AvgIpc) is 2.98. The monoisotopic (exact) mass is 393 g/mol. The molecule has 8 heteroatoms. The molecule has 146 valence electrons. The third-order valence-corrected chi connectivity index (χ3v) is 6.88. The van der Waals surface area contributed by atoms with E-state index in [0.717, 1.165) is 19.1 Å². The van der Waals surface area contributed by atoms with Crippen LogP contribution in [0.4, 0.5) is 4.39 Å². The van der Waals surface area contributed by atoms with Crippen LogP contribution in [0.15, 0.2) is 29.5 Å². The first-order valence-corrected chi connectivity index (χ1v) is 11.2. The number of nitrogens with one attached hydrogen (secondary N) is 1. The first-order chi connectivity index (χ1) is 12.9. The van der Waals surface area contributed by atoms with E-state index in [1.807, 2.05) is 0 Å². The maximum absolute atomic E-state index is 14.4.